The monoisotopic (exact) mass is 445 g/mol. The lowest BCUT2D eigenvalue weighted by molar-refractivity contribution is -0.143. The zero-order valence-corrected chi connectivity index (χ0v) is 20.9. The summed E-state index contributed by atoms with van der Waals surface area (Å²) in [6.45, 7) is 16.7. The molecule has 4 atom stereocenters. The van der Waals surface area contributed by atoms with E-state index in [1.54, 1.807) is 32.6 Å². The van der Waals surface area contributed by atoms with Crippen molar-refractivity contribution < 1.29 is 19.1 Å². The molecule has 2 N–H and O–H groups in total. The highest BCUT2D eigenvalue weighted by molar-refractivity contribution is 5.92. The van der Waals surface area contributed by atoms with Crippen molar-refractivity contribution in [3.63, 3.8) is 0 Å². The number of hydrogen-bond donors (Lipinski definition) is 2. The van der Waals surface area contributed by atoms with Gasteiger partial charge in [0.2, 0.25) is 11.8 Å². The van der Waals surface area contributed by atoms with Crippen LogP contribution >= 0.6 is 0 Å². The lowest BCUT2D eigenvalue weighted by Gasteiger charge is -2.36. The Morgan fingerprint density at radius 1 is 1.09 bits per heavy atom. The predicted octanol–water partition coefficient (Wildman–Crippen LogP) is 4.10. The Bertz CT molecular complexity index is 853. The fourth-order valence-corrected chi connectivity index (χ4v) is 3.69. The fourth-order valence-electron chi connectivity index (χ4n) is 3.69. The number of carbonyl (C=O) groups excluding carboxylic acids is 3. The van der Waals surface area contributed by atoms with Gasteiger partial charge in [-0.3, -0.25) is 9.59 Å². The van der Waals surface area contributed by atoms with E-state index in [1.165, 1.54) is 0 Å². The molecular formula is C25H39N3O4. The smallest absolute Gasteiger partial charge is 0.408 e. The van der Waals surface area contributed by atoms with Crippen molar-refractivity contribution in [1.82, 2.24) is 15.5 Å². The van der Waals surface area contributed by atoms with Gasteiger partial charge in [0.1, 0.15) is 17.7 Å². The quantitative estimate of drug-likeness (QED) is 0.690. The normalized spacial score (nSPS) is 20.0. The standard InChI is InChI=1S/C25H39N3O4/c1-15-12-10-11-13-18(15)20(21(29)27-24(4,5)6)28(19-14-16(19)2)22(30)17(3)26-23(31)32-25(7,8)9/h10-13,16-17,19-20H,14H2,1-9H3,(H,26,31)(H,27,29). The van der Waals surface area contributed by atoms with E-state index in [4.69, 9.17) is 4.74 Å². The summed E-state index contributed by atoms with van der Waals surface area (Å²) in [6, 6.07) is 5.92. The van der Waals surface area contributed by atoms with Crippen LogP contribution in [-0.2, 0) is 14.3 Å². The molecule has 0 aromatic heterocycles. The second-order valence-corrected chi connectivity index (χ2v) is 10.9. The summed E-state index contributed by atoms with van der Waals surface area (Å²) < 4.78 is 5.31. The van der Waals surface area contributed by atoms with Crippen LogP contribution in [0.15, 0.2) is 24.3 Å². The Labute approximate surface area is 192 Å². The number of nitrogens with zero attached hydrogens (tertiary/aromatic N) is 1. The number of aryl methyl sites for hydroxylation is 1. The molecule has 0 aliphatic heterocycles. The average molecular weight is 446 g/mol. The maximum absolute atomic E-state index is 13.6. The third-order valence-electron chi connectivity index (χ3n) is 5.29. The Morgan fingerprint density at radius 2 is 1.66 bits per heavy atom. The van der Waals surface area contributed by atoms with Gasteiger partial charge >= 0.3 is 6.09 Å². The summed E-state index contributed by atoms with van der Waals surface area (Å²) >= 11 is 0. The third-order valence-corrected chi connectivity index (χ3v) is 5.29. The summed E-state index contributed by atoms with van der Waals surface area (Å²) in [7, 11) is 0. The maximum atomic E-state index is 13.6. The number of benzene rings is 1. The van der Waals surface area contributed by atoms with Crippen LogP contribution in [-0.4, -0.2) is 46.0 Å². The molecule has 0 spiro atoms. The fraction of sp³-hybridized carbons (Fsp3) is 0.640. The van der Waals surface area contributed by atoms with Gasteiger partial charge in [0.05, 0.1) is 0 Å². The molecule has 7 heteroatoms. The van der Waals surface area contributed by atoms with Gasteiger partial charge in [-0.15, -0.1) is 0 Å². The molecule has 0 bridgehead atoms. The van der Waals surface area contributed by atoms with Crippen molar-refractivity contribution in [2.45, 2.75) is 98.0 Å². The molecule has 1 aliphatic carbocycles. The number of rotatable bonds is 6. The van der Waals surface area contributed by atoms with Crippen LogP contribution in [0.1, 0.15) is 79.0 Å². The third kappa shape index (κ3) is 6.97. The van der Waals surface area contributed by atoms with Gasteiger partial charge in [-0.05, 0) is 78.9 Å². The molecule has 1 aromatic carbocycles. The number of hydrogen-bond acceptors (Lipinski definition) is 4. The summed E-state index contributed by atoms with van der Waals surface area (Å²) in [4.78, 5) is 41.1. The van der Waals surface area contributed by atoms with Crippen molar-refractivity contribution in [2.24, 2.45) is 5.92 Å². The number of ether oxygens (including phenoxy) is 1. The Balaban J connectivity index is 2.41. The Morgan fingerprint density at radius 3 is 2.12 bits per heavy atom. The second kappa shape index (κ2) is 9.51. The molecule has 1 fully saturated rings. The Hall–Kier alpha value is -2.57. The molecule has 1 aromatic rings. The van der Waals surface area contributed by atoms with E-state index in [0.29, 0.717) is 0 Å². The van der Waals surface area contributed by atoms with Crippen molar-refractivity contribution in [3.8, 4) is 0 Å². The lowest BCUT2D eigenvalue weighted by Crippen LogP contribution is -2.54. The first-order chi connectivity index (χ1) is 14.6. The molecule has 178 valence electrons. The van der Waals surface area contributed by atoms with Crippen LogP contribution in [0.5, 0.6) is 0 Å². The van der Waals surface area contributed by atoms with Gasteiger partial charge in [-0.25, -0.2) is 4.79 Å². The maximum Gasteiger partial charge on any atom is 0.408 e. The van der Waals surface area contributed by atoms with E-state index in [1.807, 2.05) is 52.0 Å². The van der Waals surface area contributed by atoms with E-state index in [-0.39, 0.29) is 23.8 Å². The molecule has 1 aliphatic rings. The van der Waals surface area contributed by atoms with Gasteiger partial charge in [0, 0.05) is 11.6 Å². The topological polar surface area (TPSA) is 87.7 Å². The highest BCUT2D eigenvalue weighted by Gasteiger charge is 2.48. The molecule has 3 amide bonds. The molecule has 4 unspecified atom stereocenters. The zero-order chi connectivity index (χ0) is 24.4. The SMILES string of the molecule is Cc1ccccc1C(C(=O)NC(C)(C)C)N(C(=O)C(C)NC(=O)OC(C)(C)C)C1CC1C. The minimum atomic E-state index is -0.841. The van der Waals surface area contributed by atoms with E-state index in [2.05, 4.69) is 17.6 Å². The van der Waals surface area contributed by atoms with E-state index in [9.17, 15) is 14.4 Å². The second-order valence-electron chi connectivity index (χ2n) is 10.9. The summed E-state index contributed by atoms with van der Waals surface area (Å²) in [5.74, 6) is -0.257. The zero-order valence-electron chi connectivity index (χ0n) is 20.9. The van der Waals surface area contributed by atoms with Crippen molar-refractivity contribution in [1.29, 1.82) is 0 Å². The van der Waals surface area contributed by atoms with Crippen LogP contribution in [0.3, 0.4) is 0 Å². The number of amides is 3. The molecule has 32 heavy (non-hydrogen) atoms. The highest BCUT2D eigenvalue weighted by Crippen LogP contribution is 2.41. The van der Waals surface area contributed by atoms with Gasteiger partial charge in [-0.2, -0.15) is 0 Å². The van der Waals surface area contributed by atoms with Gasteiger partial charge < -0.3 is 20.3 Å². The van der Waals surface area contributed by atoms with Crippen LogP contribution in [0.2, 0.25) is 0 Å². The van der Waals surface area contributed by atoms with Crippen LogP contribution in [0.4, 0.5) is 4.79 Å². The molecular weight excluding hydrogens is 406 g/mol. The molecule has 0 radical (unpaired) electrons. The predicted molar refractivity (Wildman–Crippen MR) is 125 cm³/mol. The van der Waals surface area contributed by atoms with Crippen molar-refractivity contribution >= 4 is 17.9 Å². The van der Waals surface area contributed by atoms with Gasteiger partial charge in [0.15, 0.2) is 0 Å². The van der Waals surface area contributed by atoms with Gasteiger partial charge in [-0.1, -0.05) is 31.2 Å². The van der Waals surface area contributed by atoms with E-state index < -0.39 is 29.3 Å². The molecule has 0 heterocycles. The largest absolute Gasteiger partial charge is 0.444 e. The number of alkyl carbamates (subject to hydrolysis) is 1. The summed E-state index contributed by atoms with van der Waals surface area (Å²) in [6.07, 6.45) is 0.157. The van der Waals surface area contributed by atoms with Crippen LogP contribution in [0, 0.1) is 12.8 Å². The first-order valence-electron chi connectivity index (χ1n) is 11.3. The highest BCUT2D eigenvalue weighted by atomic mass is 16.6. The van der Waals surface area contributed by atoms with E-state index in [0.717, 1.165) is 17.5 Å². The van der Waals surface area contributed by atoms with E-state index >= 15 is 0 Å². The minimum absolute atomic E-state index is 0.0688. The minimum Gasteiger partial charge on any atom is -0.444 e. The van der Waals surface area contributed by atoms with Crippen LogP contribution < -0.4 is 10.6 Å². The molecule has 7 nitrogen and oxygen atoms in total. The lowest BCUT2D eigenvalue weighted by atomic mass is 9.96. The van der Waals surface area contributed by atoms with Crippen molar-refractivity contribution in [2.75, 3.05) is 0 Å². The van der Waals surface area contributed by atoms with Crippen molar-refractivity contribution in [3.05, 3.63) is 35.4 Å². The average Bonchev–Trinajstić information content (AvgIpc) is 3.32. The Kier molecular flexibility index (Phi) is 7.63. The molecule has 0 saturated heterocycles. The first-order valence-corrected chi connectivity index (χ1v) is 11.3. The first kappa shape index (κ1) is 25.7. The van der Waals surface area contributed by atoms with Crippen LogP contribution in [0.25, 0.3) is 0 Å². The molecule has 1 saturated carbocycles. The van der Waals surface area contributed by atoms with Gasteiger partial charge in [0.25, 0.3) is 0 Å². The number of nitrogens with one attached hydrogen (secondary N) is 2. The molecule has 2 rings (SSSR count). The summed E-state index contributed by atoms with van der Waals surface area (Å²) in [5.41, 5.74) is 0.586. The number of carbonyl (C=O) groups is 3. The summed E-state index contributed by atoms with van der Waals surface area (Å²) in [5, 5.41) is 5.68.